The number of aromatic nitrogens is 4. The number of hydrogen-bond donors (Lipinski definition) is 0. The zero-order valence-corrected chi connectivity index (χ0v) is 19.9. The molecule has 0 aliphatic carbocycles. The van der Waals surface area contributed by atoms with Crippen LogP contribution in [0.3, 0.4) is 0 Å². The molecule has 1 fully saturated rings. The topological polar surface area (TPSA) is 59.3 Å². The predicted molar refractivity (Wildman–Crippen MR) is 128 cm³/mol. The van der Waals surface area contributed by atoms with Crippen molar-refractivity contribution in [1.29, 1.82) is 0 Å². The van der Waals surface area contributed by atoms with E-state index >= 15 is 0 Å². The molecule has 3 aromatic rings. The Morgan fingerprint density at radius 1 is 1.16 bits per heavy atom. The highest BCUT2D eigenvalue weighted by Crippen LogP contribution is 2.37. The minimum atomic E-state index is 0.243. The van der Waals surface area contributed by atoms with Crippen molar-refractivity contribution >= 4 is 5.95 Å². The van der Waals surface area contributed by atoms with Crippen molar-refractivity contribution in [2.24, 2.45) is 0 Å². The van der Waals surface area contributed by atoms with Gasteiger partial charge in [-0.05, 0) is 50.9 Å². The number of aryl methyl sites for hydroxylation is 2. The van der Waals surface area contributed by atoms with Crippen LogP contribution in [0.4, 0.5) is 5.95 Å². The first-order valence-corrected chi connectivity index (χ1v) is 11.5. The smallest absolute Gasteiger partial charge is 0.225 e. The van der Waals surface area contributed by atoms with E-state index in [1.807, 2.05) is 42.0 Å². The summed E-state index contributed by atoms with van der Waals surface area (Å²) in [6, 6.07) is 8.44. The molecule has 1 saturated heterocycles. The van der Waals surface area contributed by atoms with E-state index in [2.05, 4.69) is 47.2 Å². The van der Waals surface area contributed by atoms with Gasteiger partial charge < -0.3 is 9.64 Å². The lowest BCUT2D eigenvalue weighted by molar-refractivity contribution is 0.137. The maximum atomic E-state index is 5.35. The van der Waals surface area contributed by atoms with E-state index in [0.717, 1.165) is 60.3 Å². The summed E-state index contributed by atoms with van der Waals surface area (Å²) in [6.07, 6.45) is 7.68. The highest BCUT2D eigenvalue weighted by atomic mass is 16.5. The maximum absolute atomic E-state index is 5.35. The SMILES string of the molecule is CCn1cc(CN2CCCC[C@H]2c2nc(N(C)C)ncc2-c2ccc(OC)cc2)c(C)n1. The number of likely N-dealkylation sites (tertiary alicyclic amines) is 1. The molecule has 0 bridgehead atoms. The summed E-state index contributed by atoms with van der Waals surface area (Å²) in [5.41, 5.74) is 5.73. The summed E-state index contributed by atoms with van der Waals surface area (Å²) in [5, 5.41) is 4.66. The van der Waals surface area contributed by atoms with E-state index < -0.39 is 0 Å². The normalized spacial score (nSPS) is 16.8. The fourth-order valence-electron chi connectivity index (χ4n) is 4.43. The predicted octanol–water partition coefficient (Wildman–Crippen LogP) is 4.47. The molecule has 0 spiro atoms. The molecular weight excluding hydrogens is 400 g/mol. The Kier molecular flexibility index (Phi) is 6.74. The van der Waals surface area contributed by atoms with Crippen molar-refractivity contribution in [2.75, 3.05) is 32.6 Å². The third-order valence-corrected chi connectivity index (χ3v) is 6.28. The Morgan fingerprint density at radius 2 is 1.94 bits per heavy atom. The zero-order valence-electron chi connectivity index (χ0n) is 19.9. The van der Waals surface area contributed by atoms with E-state index in [1.165, 1.54) is 18.4 Å². The van der Waals surface area contributed by atoms with Gasteiger partial charge in [0.15, 0.2) is 0 Å². The molecule has 32 heavy (non-hydrogen) atoms. The minimum absolute atomic E-state index is 0.243. The van der Waals surface area contributed by atoms with Crippen LogP contribution in [0.25, 0.3) is 11.1 Å². The molecule has 3 heterocycles. The third-order valence-electron chi connectivity index (χ3n) is 6.28. The van der Waals surface area contributed by atoms with Gasteiger partial charge in [-0.15, -0.1) is 0 Å². The van der Waals surface area contributed by atoms with E-state index in [0.29, 0.717) is 0 Å². The second-order valence-electron chi connectivity index (χ2n) is 8.67. The van der Waals surface area contributed by atoms with Gasteiger partial charge >= 0.3 is 0 Å². The number of benzene rings is 1. The minimum Gasteiger partial charge on any atom is -0.497 e. The molecule has 1 aliphatic rings. The highest BCUT2D eigenvalue weighted by molar-refractivity contribution is 5.67. The van der Waals surface area contributed by atoms with Crippen LogP contribution in [0.2, 0.25) is 0 Å². The largest absolute Gasteiger partial charge is 0.497 e. The van der Waals surface area contributed by atoms with Gasteiger partial charge in [0, 0.05) is 50.7 Å². The van der Waals surface area contributed by atoms with Gasteiger partial charge in [0.05, 0.1) is 24.5 Å². The first kappa shape index (κ1) is 22.3. The Bertz CT molecular complexity index is 1040. The number of nitrogens with zero attached hydrogens (tertiary/aromatic N) is 6. The van der Waals surface area contributed by atoms with Gasteiger partial charge in [-0.2, -0.15) is 5.10 Å². The number of ether oxygens (including phenoxy) is 1. The first-order chi connectivity index (χ1) is 15.5. The molecule has 0 N–H and O–H groups in total. The van der Waals surface area contributed by atoms with Gasteiger partial charge in [0.1, 0.15) is 5.75 Å². The Morgan fingerprint density at radius 3 is 2.59 bits per heavy atom. The number of rotatable bonds is 7. The fourth-order valence-corrected chi connectivity index (χ4v) is 4.43. The van der Waals surface area contributed by atoms with Crippen molar-refractivity contribution in [3.8, 4) is 16.9 Å². The third kappa shape index (κ3) is 4.63. The van der Waals surface area contributed by atoms with Gasteiger partial charge in [-0.1, -0.05) is 18.6 Å². The molecule has 1 atom stereocenters. The van der Waals surface area contributed by atoms with Crippen LogP contribution in [-0.4, -0.2) is 52.4 Å². The Hall–Kier alpha value is -2.93. The van der Waals surface area contributed by atoms with Crippen molar-refractivity contribution in [3.63, 3.8) is 0 Å². The van der Waals surface area contributed by atoms with Crippen LogP contribution in [0.1, 0.15) is 49.2 Å². The molecule has 0 radical (unpaired) electrons. The van der Waals surface area contributed by atoms with Crippen LogP contribution in [0, 0.1) is 6.92 Å². The summed E-state index contributed by atoms with van der Waals surface area (Å²) in [6.45, 7) is 7.08. The van der Waals surface area contributed by atoms with Gasteiger partial charge in [-0.3, -0.25) is 9.58 Å². The number of methoxy groups -OCH3 is 1. The summed E-state index contributed by atoms with van der Waals surface area (Å²) in [5.74, 6) is 1.60. The van der Waals surface area contributed by atoms with Crippen molar-refractivity contribution in [2.45, 2.75) is 52.2 Å². The molecule has 1 aliphatic heterocycles. The van der Waals surface area contributed by atoms with Gasteiger partial charge in [-0.25, -0.2) is 9.97 Å². The van der Waals surface area contributed by atoms with Crippen LogP contribution in [0.5, 0.6) is 5.75 Å². The van der Waals surface area contributed by atoms with Gasteiger partial charge in [0.25, 0.3) is 0 Å². The first-order valence-electron chi connectivity index (χ1n) is 11.5. The van der Waals surface area contributed by atoms with Crippen LogP contribution >= 0.6 is 0 Å². The van der Waals surface area contributed by atoms with E-state index in [4.69, 9.17) is 9.72 Å². The van der Waals surface area contributed by atoms with Crippen molar-refractivity contribution in [1.82, 2.24) is 24.6 Å². The number of anilines is 1. The maximum Gasteiger partial charge on any atom is 0.225 e. The lowest BCUT2D eigenvalue weighted by Gasteiger charge is -2.36. The van der Waals surface area contributed by atoms with Crippen molar-refractivity contribution in [3.05, 3.63) is 53.6 Å². The van der Waals surface area contributed by atoms with E-state index in [1.54, 1.807) is 7.11 Å². The second kappa shape index (κ2) is 9.69. The summed E-state index contributed by atoms with van der Waals surface area (Å²) < 4.78 is 7.38. The number of piperidine rings is 1. The second-order valence-corrected chi connectivity index (χ2v) is 8.67. The summed E-state index contributed by atoms with van der Waals surface area (Å²) >= 11 is 0. The molecule has 170 valence electrons. The van der Waals surface area contributed by atoms with Crippen molar-refractivity contribution < 1.29 is 4.74 Å². The van der Waals surface area contributed by atoms with Gasteiger partial charge in [0.2, 0.25) is 5.95 Å². The molecular formula is C25H34N6O. The van der Waals surface area contributed by atoms with E-state index in [-0.39, 0.29) is 6.04 Å². The molecule has 7 heteroatoms. The zero-order chi connectivity index (χ0) is 22.7. The molecule has 0 unspecified atom stereocenters. The fraction of sp³-hybridized carbons (Fsp3) is 0.480. The summed E-state index contributed by atoms with van der Waals surface area (Å²) in [4.78, 5) is 14.3. The molecule has 0 saturated carbocycles. The summed E-state index contributed by atoms with van der Waals surface area (Å²) in [7, 11) is 5.68. The Balaban J connectivity index is 1.73. The van der Waals surface area contributed by atoms with E-state index in [9.17, 15) is 0 Å². The Labute approximate surface area is 191 Å². The van der Waals surface area contributed by atoms with Crippen LogP contribution < -0.4 is 9.64 Å². The average molecular weight is 435 g/mol. The molecule has 2 aromatic heterocycles. The standard InChI is InChI=1S/C25H34N6O/c1-6-31-17-20(18(2)28-31)16-30-14-8-7-9-23(30)24-22(15-26-25(27-24)29(3)4)19-10-12-21(32-5)13-11-19/h10-13,15,17,23H,6-9,14,16H2,1-5H3/t23-/m0/s1. The number of hydrogen-bond acceptors (Lipinski definition) is 6. The molecule has 0 amide bonds. The average Bonchev–Trinajstić information content (AvgIpc) is 3.18. The monoisotopic (exact) mass is 434 g/mol. The van der Waals surface area contributed by atoms with Crippen LogP contribution in [0.15, 0.2) is 36.7 Å². The lowest BCUT2D eigenvalue weighted by atomic mass is 9.93. The molecule has 4 rings (SSSR count). The molecule has 7 nitrogen and oxygen atoms in total. The molecule has 1 aromatic carbocycles. The van der Waals surface area contributed by atoms with Crippen LogP contribution in [-0.2, 0) is 13.1 Å². The highest BCUT2D eigenvalue weighted by Gasteiger charge is 2.29. The lowest BCUT2D eigenvalue weighted by Crippen LogP contribution is -2.34. The quantitative estimate of drug-likeness (QED) is 0.547.